The van der Waals surface area contributed by atoms with Crippen LogP contribution in [0.5, 0.6) is 0 Å². The third-order valence-corrected chi connectivity index (χ3v) is 10.8. The molecule has 8 heteroatoms. The predicted octanol–water partition coefficient (Wildman–Crippen LogP) is 11.5. The van der Waals surface area contributed by atoms with E-state index in [0.29, 0.717) is 22.8 Å². The Morgan fingerprint density at radius 2 is 1.33 bits per heavy atom. The number of hydrogen-bond donors (Lipinski definition) is 0. The van der Waals surface area contributed by atoms with Gasteiger partial charge in [0.05, 0.1) is 10.5 Å². The van der Waals surface area contributed by atoms with Gasteiger partial charge in [0.1, 0.15) is 23.8 Å². The van der Waals surface area contributed by atoms with E-state index in [1.807, 2.05) is 78.6 Å². The van der Waals surface area contributed by atoms with Crippen molar-refractivity contribution in [3.05, 3.63) is 196 Å². The van der Waals surface area contributed by atoms with Gasteiger partial charge in [0.25, 0.3) is 5.69 Å². The lowest BCUT2D eigenvalue weighted by molar-refractivity contribution is -0.403. The summed E-state index contributed by atoms with van der Waals surface area (Å²) in [5.41, 5.74) is 9.73. The Labute approximate surface area is 319 Å². The molecule has 0 radical (unpaired) electrons. The molecule has 0 saturated carbocycles. The first-order chi connectivity index (χ1) is 26.4. The molecule has 54 heavy (non-hydrogen) atoms. The van der Waals surface area contributed by atoms with E-state index in [0.717, 1.165) is 55.5 Å². The fourth-order valence-corrected chi connectivity index (χ4v) is 8.21. The highest BCUT2D eigenvalue weighted by Gasteiger charge is 2.30. The summed E-state index contributed by atoms with van der Waals surface area (Å²) in [7, 11) is 4.11. The zero-order chi connectivity index (χ0) is 37.6. The minimum Gasteiger partial charge on any atom is -0.345 e. The largest absolute Gasteiger partial charge is 0.345 e. The molecule has 0 saturated heterocycles. The maximum Gasteiger partial charge on any atom is 0.292 e. The van der Waals surface area contributed by atoms with Crippen molar-refractivity contribution in [2.75, 3.05) is 30.4 Å². The summed E-state index contributed by atoms with van der Waals surface area (Å²) >= 11 is 1.49. The van der Waals surface area contributed by atoms with Gasteiger partial charge in [0.2, 0.25) is 11.4 Å². The number of nitro groups is 1. The van der Waals surface area contributed by atoms with Gasteiger partial charge in [0.15, 0.2) is 0 Å². The van der Waals surface area contributed by atoms with Crippen molar-refractivity contribution in [3.8, 4) is 17.2 Å². The average molecular weight is 725 g/mol. The molecular formula is C46H38N5O2S+. The van der Waals surface area contributed by atoms with Crippen LogP contribution in [0, 0.1) is 21.4 Å². The SMILES string of the molecule is CCN(c1ccccc1[N+](=O)[O-])c1sc(C(=C2C=CC(=[N+](C)c3ccccc3)C=C2)c2ccc(N(C)c3ccccc3)cc2)c(-c2ccccc2)c1C#N. The van der Waals surface area contributed by atoms with Gasteiger partial charge in [-0.05, 0) is 66.1 Å². The summed E-state index contributed by atoms with van der Waals surface area (Å²) in [6, 6.07) is 48.2. The highest BCUT2D eigenvalue weighted by molar-refractivity contribution is 7.18. The first-order valence-corrected chi connectivity index (χ1v) is 18.5. The molecule has 6 aromatic rings. The van der Waals surface area contributed by atoms with Crippen LogP contribution in [0.2, 0.25) is 0 Å². The average Bonchev–Trinajstić information content (AvgIpc) is 3.60. The summed E-state index contributed by atoms with van der Waals surface area (Å²) in [6.45, 7) is 2.37. The monoisotopic (exact) mass is 724 g/mol. The second-order valence-electron chi connectivity index (χ2n) is 12.7. The van der Waals surface area contributed by atoms with Gasteiger partial charge in [-0.15, -0.1) is 11.3 Å². The number of thiophene rings is 1. The van der Waals surface area contributed by atoms with E-state index < -0.39 is 0 Å². The Morgan fingerprint density at radius 3 is 1.94 bits per heavy atom. The third-order valence-electron chi connectivity index (χ3n) is 9.60. The molecule has 1 aromatic heterocycles. The molecule has 0 unspecified atom stereocenters. The highest BCUT2D eigenvalue weighted by atomic mass is 32.1. The number of anilines is 4. The highest BCUT2D eigenvalue weighted by Crippen LogP contribution is 2.50. The molecule has 0 spiro atoms. The van der Waals surface area contributed by atoms with Gasteiger partial charge in [-0.2, -0.15) is 9.84 Å². The molecule has 0 N–H and O–H groups in total. The van der Waals surface area contributed by atoms with E-state index in [9.17, 15) is 15.4 Å². The van der Waals surface area contributed by atoms with Crippen LogP contribution in [-0.4, -0.2) is 35.9 Å². The van der Waals surface area contributed by atoms with Crippen molar-refractivity contribution in [2.45, 2.75) is 6.92 Å². The normalized spacial score (nSPS) is 12.0. The summed E-state index contributed by atoms with van der Waals surface area (Å²) < 4.78 is 2.15. The maximum atomic E-state index is 12.2. The maximum absolute atomic E-state index is 12.2. The van der Waals surface area contributed by atoms with Gasteiger partial charge in [-0.25, -0.2) is 0 Å². The van der Waals surface area contributed by atoms with Crippen molar-refractivity contribution in [1.29, 1.82) is 5.26 Å². The standard InChI is InChI=1S/C46H38N5O2S/c1-4-50(41-22-14-15-23-42(41)51(52)53)46-40(32-47)44(33-16-8-5-9-17-33)45(54-46)43(34-24-28-38(29-25-34)48(2)36-18-10-6-11-19-36)35-26-30-39(31-27-35)49(3)37-20-12-7-13-21-37/h5-31H,4H2,1-3H3/q+1. The summed E-state index contributed by atoms with van der Waals surface area (Å²) in [5.74, 6) is 0. The van der Waals surface area contributed by atoms with E-state index in [1.165, 1.54) is 17.4 Å². The van der Waals surface area contributed by atoms with E-state index >= 15 is 0 Å². The van der Waals surface area contributed by atoms with E-state index in [-0.39, 0.29) is 10.6 Å². The van der Waals surface area contributed by atoms with E-state index in [4.69, 9.17) is 0 Å². The lowest BCUT2D eigenvalue weighted by Crippen LogP contribution is -2.17. The van der Waals surface area contributed by atoms with Gasteiger partial charge < -0.3 is 9.80 Å². The van der Waals surface area contributed by atoms with Crippen LogP contribution in [-0.2, 0) is 0 Å². The minimum atomic E-state index is -0.365. The Kier molecular flexibility index (Phi) is 10.4. The lowest BCUT2D eigenvalue weighted by Gasteiger charge is -2.21. The van der Waals surface area contributed by atoms with Crippen LogP contribution in [0.1, 0.15) is 22.9 Å². The second kappa shape index (κ2) is 15.8. The molecule has 7 nitrogen and oxygen atoms in total. The van der Waals surface area contributed by atoms with Crippen LogP contribution in [0.4, 0.5) is 33.4 Å². The third kappa shape index (κ3) is 7.01. The van der Waals surface area contributed by atoms with E-state index in [2.05, 4.69) is 102 Å². The van der Waals surface area contributed by atoms with Crippen LogP contribution >= 0.6 is 11.3 Å². The van der Waals surface area contributed by atoms with Crippen molar-refractivity contribution < 1.29 is 9.50 Å². The lowest BCUT2D eigenvalue weighted by atomic mass is 9.90. The molecular weight excluding hydrogens is 687 g/mol. The molecule has 0 amide bonds. The number of rotatable bonds is 10. The smallest absolute Gasteiger partial charge is 0.292 e. The summed E-state index contributed by atoms with van der Waals surface area (Å²) in [6.07, 6.45) is 8.50. The zero-order valence-electron chi connectivity index (χ0n) is 30.3. The van der Waals surface area contributed by atoms with Gasteiger partial charge >= 0.3 is 0 Å². The Bertz CT molecular complexity index is 2460. The topological polar surface area (TPSA) is 76.4 Å². The molecule has 1 heterocycles. The fraction of sp³-hybridized carbons (Fsp3) is 0.0870. The molecule has 1 aliphatic carbocycles. The first kappa shape index (κ1) is 35.6. The number of hydrogen-bond acceptors (Lipinski definition) is 6. The Morgan fingerprint density at radius 1 is 0.759 bits per heavy atom. The number of allylic oxidation sites excluding steroid dienone is 5. The summed E-state index contributed by atoms with van der Waals surface area (Å²) in [5, 5.41) is 23.8. The minimum absolute atomic E-state index is 0.0140. The molecule has 0 fully saturated rings. The van der Waals surface area contributed by atoms with Gasteiger partial charge in [-0.3, -0.25) is 10.1 Å². The van der Waals surface area contributed by atoms with Crippen LogP contribution in [0.15, 0.2) is 169 Å². The van der Waals surface area contributed by atoms with E-state index in [1.54, 1.807) is 18.2 Å². The Hall–Kier alpha value is -6.82. The number of nitrogens with zero attached hydrogens (tertiary/aromatic N) is 5. The molecule has 0 atom stereocenters. The molecule has 7 rings (SSSR count). The van der Waals surface area contributed by atoms with Crippen LogP contribution in [0.3, 0.4) is 0 Å². The second-order valence-corrected chi connectivity index (χ2v) is 13.7. The van der Waals surface area contributed by atoms with Gasteiger partial charge in [-0.1, -0.05) is 91.0 Å². The zero-order valence-corrected chi connectivity index (χ0v) is 31.1. The predicted molar refractivity (Wildman–Crippen MR) is 223 cm³/mol. The van der Waals surface area contributed by atoms with Crippen molar-refractivity contribution in [3.63, 3.8) is 0 Å². The molecule has 1 aliphatic rings. The van der Waals surface area contributed by atoms with Gasteiger partial charge in [0, 0.05) is 71.3 Å². The summed E-state index contributed by atoms with van der Waals surface area (Å²) in [4.78, 5) is 16.8. The molecule has 264 valence electrons. The molecule has 0 aliphatic heterocycles. The van der Waals surface area contributed by atoms with Crippen LogP contribution < -0.4 is 9.80 Å². The van der Waals surface area contributed by atoms with Crippen LogP contribution in [0.25, 0.3) is 16.7 Å². The number of para-hydroxylation sites is 4. The number of benzene rings is 5. The molecule has 0 bridgehead atoms. The van der Waals surface area contributed by atoms with Crippen molar-refractivity contribution >= 4 is 56.1 Å². The fourth-order valence-electron chi connectivity index (χ4n) is 6.77. The van der Waals surface area contributed by atoms with Crippen molar-refractivity contribution in [1.82, 2.24) is 0 Å². The number of nitriles is 1. The Balaban J connectivity index is 1.47. The van der Waals surface area contributed by atoms with Crippen molar-refractivity contribution in [2.24, 2.45) is 0 Å². The first-order valence-electron chi connectivity index (χ1n) is 17.7. The molecule has 5 aromatic carbocycles. The quantitative estimate of drug-likeness (QED) is 0.0798. The number of nitro benzene ring substituents is 1.